The third kappa shape index (κ3) is 4.24. The lowest BCUT2D eigenvalue weighted by molar-refractivity contribution is 0.233. The summed E-state index contributed by atoms with van der Waals surface area (Å²) in [5.41, 5.74) is 1.46. The van der Waals surface area contributed by atoms with Crippen molar-refractivity contribution in [3.8, 4) is 5.75 Å². The van der Waals surface area contributed by atoms with Gasteiger partial charge in [0.25, 0.3) is 0 Å². The molecule has 0 aromatic heterocycles. The predicted molar refractivity (Wildman–Crippen MR) is 78.6 cm³/mol. The van der Waals surface area contributed by atoms with Crippen LogP contribution in [0.1, 0.15) is 56.9 Å². The molecule has 1 aliphatic carbocycles. The molecule has 1 fully saturated rings. The SMILES string of the molecule is CCC1CCC(c2ccc(OCCCO)cc2)CC1. The summed E-state index contributed by atoms with van der Waals surface area (Å²) < 4.78 is 5.56. The summed E-state index contributed by atoms with van der Waals surface area (Å²) >= 11 is 0. The van der Waals surface area contributed by atoms with Crippen molar-refractivity contribution in [3.63, 3.8) is 0 Å². The maximum Gasteiger partial charge on any atom is 0.119 e. The van der Waals surface area contributed by atoms with Gasteiger partial charge in [0.1, 0.15) is 5.75 Å². The summed E-state index contributed by atoms with van der Waals surface area (Å²) in [6, 6.07) is 8.56. The van der Waals surface area contributed by atoms with E-state index in [-0.39, 0.29) is 6.61 Å². The monoisotopic (exact) mass is 262 g/mol. The largest absolute Gasteiger partial charge is 0.494 e. The maximum atomic E-state index is 8.72. The predicted octanol–water partition coefficient (Wildman–Crippen LogP) is 4.13. The van der Waals surface area contributed by atoms with Gasteiger partial charge in [-0.25, -0.2) is 0 Å². The van der Waals surface area contributed by atoms with Crippen molar-refractivity contribution in [2.45, 2.75) is 51.4 Å². The molecule has 2 nitrogen and oxygen atoms in total. The molecule has 1 aromatic rings. The van der Waals surface area contributed by atoms with Crippen LogP contribution in [0.5, 0.6) is 5.75 Å². The average molecular weight is 262 g/mol. The first-order valence-corrected chi connectivity index (χ1v) is 7.67. The lowest BCUT2D eigenvalue weighted by Gasteiger charge is -2.28. The number of rotatable bonds is 6. The maximum absolute atomic E-state index is 8.72. The zero-order valence-corrected chi connectivity index (χ0v) is 12.0. The number of benzene rings is 1. The molecule has 1 saturated carbocycles. The van der Waals surface area contributed by atoms with Gasteiger partial charge in [-0.1, -0.05) is 25.5 Å². The standard InChI is InChI=1S/C17H26O2/c1-2-14-4-6-15(7-5-14)16-8-10-17(11-9-16)19-13-3-12-18/h8-11,14-15,18H,2-7,12-13H2,1H3. The quantitative estimate of drug-likeness (QED) is 0.781. The molecule has 1 aliphatic rings. The number of hydrogen-bond donors (Lipinski definition) is 1. The fourth-order valence-electron chi connectivity index (χ4n) is 2.99. The summed E-state index contributed by atoms with van der Waals surface area (Å²) in [7, 11) is 0. The zero-order valence-electron chi connectivity index (χ0n) is 12.0. The van der Waals surface area contributed by atoms with E-state index in [9.17, 15) is 0 Å². The summed E-state index contributed by atoms with van der Waals surface area (Å²) in [6.07, 6.45) is 7.48. The second-order valence-electron chi connectivity index (χ2n) is 5.62. The fourth-order valence-corrected chi connectivity index (χ4v) is 2.99. The molecule has 1 aromatic carbocycles. The Balaban J connectivity index is 1.84. The molecule has 106 valence electrons. The molecule has 19 heavy (non-hydrogen) atoms. The highest BCUT2D eigenvalue weighted by Crippen LogP contribution is 2.37. The normalized spacial score (nSPS) is 23.3. The number of aliphatic hydroxyl groups excluding tert-OH is 1. The second-order valence-corrected chi connectivity index (χ2v) is 5.62. The molecule has 0 spiro atoms. The molecule has 0 aliphatic heterocycles. The summed E-state index contributed by atoms with van der Waals surface area (Å²) in [4.78, 5) is 0. The van der Waals surface area contributed by atoms with Crippen LogP contribution < -0.4 is 4.74 Å². The van der Waals surface area contributed by atoms with E-state index < -0.39 is 0 Å². The van der Waals surface area contributed by atoms with Crippen LogP contribution in [0.3, 0.4) is 0 Å². The molecule has 0 atom stereocenters. The Kier molecular flexibility index (Phi) is 5.71. The van der Waals surface area contributed by atoms with E-state index in [2.05, 4.69) is 31.2 Å². The first-order chi connectivity index (χ1) is 9.33. The first kappa shape index (κ1) is 14.4. The van der Waals surface area contributed by atoms with Crippen molar-refractivity contribution in [1.82, 2.24) is 0 Å². The fraction of sp³-hybridized carbons (Fsp3) is 0.647. The Labute approximate surface area is 116 Å². The number of hydrogen-bond acceptors (Lipinski definition) is 2. The lowest BCUT2D eigenvalue weighted by atomic mass is 9.78. The van der Waals surface area contributed by atoms with Crippen molar-refractivity contribution < 1.29 is 9.84 Å². The Morgan fingerprint density at radius 2 is 1.79 bits per heavy atom. The van der Waals surface area contributed by atoms with Crippen LogP contribution in [0.4, 0.5) is 0 Å². The van der Waals surface area contributed by atoms with Gasteiger partial charge in [-0.05, 0) is 55.2 Å². The third-order valence-electron chi connectivity index (χ3n) is 4.35. The van der Waals surface area contributed by atoms with Gasteiger partial charge < -0.3 is 9.84 Å². The topological polar surface area (TPSA) is 29.5 Å². The van der Waals surface area contributed by atoms with Gasteiger partial charge in [0.15, 0.2) is 0 Å². The zero-order chi connectivity index (χ0) is 13.5. The lowest BCUT2D eigenvalue weighted by Crippen LogP contribution is -2.12. The molecule has 2 rings (SSSR count). The van der Waals surface area contributed by atoms with Crippen LogP contribution in [-0.4, -0.2) is 18.3 Å². The van der Waals surface area contributed by atoms with Crippen LogP contribution >= 0.6 is 0 Å². The number of ether oxygens (including phenoxy) is 1. The van der Waals surface area contributed by atoms with Crippen molar-refractivity contribution in [2.24, 2.45) is 5.92 Å². The Hall–Kier alpha value is -1.02. The van der Waals surface area contributed by atoms with Crippen LogP contribution in [0, 0.1) is 5.92 Å². The molecule has 0 bridgehead atoms. The highest BCUT2D eigenvalue weighted by atomic mass is 16.5. The van der Waals surface area contributed by atoms with Crippen LogP contribution in [0.25, 0.3) is 0 Å². The minimum absolute atomic E-state index is 0.193. The van der Waals surface area contributed by atoms with E-state index in [0.717, 1.165) is 17.6 Å². The average Bonchev–Trinajstić information content (AvgIpc) is 2.48. The molecular formula is C17H26O2. The molecule has 0 amide bonds. The van der Waals surface area contributed by atoms with E-state index >= 15 is 0 Å². The van der Waals surface area contributed by atoms with Gasteiger partial charge in [-0.2, -0.15) is 0 Å². The summed E-state index contributed by atoms with van der Waals surface area (Å²) in [5.74, 6) is 2.62. The van der Waals surface area contributed by atoms with E-state index in [1.54, 1.807) is 0 Å². The van der Waals surface area contributed by atoms with E-state index in [1.165, 1.54) is 37.7 Å². The smallest absolute Gasteiger partial charge is 0.119 e. The van der Waals surface area contributed by atoms with Gasteiger partial charge in [0, 0.05) is 13.0 Å². The van der Waals surface area contributed by atoms with Crippen LogP contribution in [0.2, 0.25) is 0 Å². The Morgan fingerprint density at radius 3 is 2.37 bits per heavy atom. The minimum atomic E-state index is 0.193. The van der Waals surface area contributed by atoms with Gasteiger partial charge in [0.2, 0.25) is 0 Å². The summed E-state index contributed by atoms with van der Waals surface area (Å²) in [6.45, 7) is 3.10. The van der Waals surface area contributed by atoms with Gasteiger partial charge in [-0.15, -0.1) is 0 Å². The molecule has 1 N–H and O–H groups in total. The Morgan fingerprint density at radius 1 is 1.11 bits per heavy atom. The molecule has 2 heteroatoms. The van der Waals surface area contributed by atoms with Gasteiger partial charge >= 0.3 is 0 Å². The van der Waals surface area contributed by atoms with Gasteiger partial charge in [0.05, 0.1) is 6.61 Å². The first-order valence-electron chi connectivity index (χ1n) is 7.67. The van der Waals surface area contributed by atoms with Crippen molar-refractivity contribution in [3.05, 3.63) is 29.8 Å². The molecule has 0 unspecified atom stereocenters. The third-order valence-corrected chi connectivity index (χ3v) is 4.35. The Bertz CT molecular complexity index is 350. The van der Waals surface area contributed by atoms with E-state index in [4.69, 9.17) is 9.84 Å². The molecule has 0 saturated heterocycles. The molecule has 0 heterocycles. The van der Waals surface area contributed by atoms with Crippen molar-refractivity contribution in [1.29, 1.82) is 0 Å². The highest BCUT2D eigenvalue weighted by molar-refractivity contribution is 5.29. The van der Waals surface area contributed by atoms with E-state index in [1.807, 2.05) is 0 Å². The minimum Gasteiger partial charge on any atom is -0.494 e. The van der Waals surface area contributed by atoms with Gasteiger partial charge in [-0.3, -0.25) is 0 Å². The van der Waals surface area contributed by atoms with Crippen LogP contribution in [-0.2, 0) is 0 Å². The van der Waals surface area contributed by atoms with Crippen molar-refractivity contribution >= 4 is 0 Å². The van der Waals surface area contributed by atoms with Crippen molar-refractivity contribution in [2.75, 3.05) is 13.2 Å². The van der Waals surface area contributed by atoms with E-state index in [0.29, 0.717) is 13.0 Å². The number of aliphatic hydroxyl groups is 1. The molecule has 0 radical (unpaired) electrons. The summed E-state index contributed by atoms with van der Waals surface area (Å²) in [5, 5.41) is 8.72. The van der Waals surface area contributed by atoms with Crippen LogP contribution in [0.15, 0.2) is 24.3 Å². The highest BCUT2D eigenvalue weighted by Gasteiger charge is 2.21. The second kappa shape index (κ2) is 7.54. The molecular weight excluding hydrogens is 236 g/mol.